The Kier molecular flexibility index (Phi) is 2.85. The monoisotopic (exact) mass is 350 g/mol. The van der Waals surface area contributed by atoms with E-state index in [1.54, 1.807) is 0 Å². The van der Waals surface area contributed by atoms with Crippen LogP contribution in [0.3, 0.4) is 0 Å². The van der Waals surface area contributed by atoms with E-state index in [1.807, 2.05) is 18.2 Å². The van der Waals surface area contributed by atoms with Crippen molar-refractivity contribution in [3.05, 3.63) is 21.6 Å². The van der Waals surface area contributed by atoms with Gasteiger partial charge < -0.3 is 0 Å². The molecule has 0 N–H and O–H groups in total. The number of halogens is 3. The average Bonchev–Trinajstić information content (AvgIpc) is 2.08. The molecule has 0 aromatic rings. The zero-order valence-electron chi connectivity index (χ0n) is 4.57. The van der Waals surface area contributed by atoms with Crippen LogP contribution in [-0.2, 0) is 16.4 Å². The van der Waals surface area contributed by atoms with E-state index in [2.05, 4.69) is 0 Å². The maximum absolute atomic E-state index is 5.78. The standard InChI is InChI=1S/C5H5.3ClH.Hf/c1-2-4-5-3-1;;;;/h1-3H,4H2;3*1H;/q;;;;+3/p-3. The summed E-state index contributed by atoms with van der Waals surface area (Å²) in [7, 11) is 17.4. The fraction of sp³-hybridized carbons (Fsp3) is 0.200. The van der Waals surface area contributed by atoms with Crippen LogP contribution in [0.4, 0.5) is 0 Å². The molecule has 0 radical (unpaired) electrons. The first-order valence-corrected chi connectivity index (χ1v) is 17.7. The Morgan fingerprint density at radius 1 is 1.33 bits per heavy atom. The predicted molar refractivity (Wildman–Crippen MR) is 39.4 cm³/mol. The van der Waals surface area contributed by atoms with Crippen molar-refractivity contribution in [1.29, 1.82) is 0 Å². The fourth-order valence-electron chi connectivity index (χ4n) is 0.657. The molecular weight excluding hydrogens is 345 g/mol. The van der Waals surface area contributed by atoms with Crippen molar-refractivity contribution in [3.8, 4) is 0 Å². The van der Waals surface area contributed by atoms with Crippen molar-refractivity contribution in [1.82, 2.24) is 0 Å². The first-order chi connectivity index (χ1) is 4.11. The summed E-state index contributed by atoms with van der Waals surface area (Å²) in [6.07, 6.45) is 6.74. The number of hydrogen-bond acceptors (Lipinski definition) is 0. The molecule has 0 fully saturated rings. The summed E-state index contributed by atoms with van der Waals surface area (Å²) in [6, 6.07) is 0. The molecule has 0 saturated heterocycles. The van der Waals surface area contributed by atoms with Gasteiger partial charge in [0.25, 0.3) is 0 Å². The predicted octanol–water partition coefficient (Wildman–Crippen LogP) is 3.45. The first-order valence-electron chi connectivity index (χ1n) is 2.53. The van der Waals surface area contributed by atoms with Crippen LogP contribution in [0.2, 0.25) is 0 Å². The Bertz CT molecular complexity index is 166. The van der Waals surface area contributed by atoms with Gasteiger partial charge in [-0.25, -0.2) is 0 Å². The van der Waals surface area contributed by atoms with E-state index in [9.17, 15) is 0 Å². The Morgan fingerprint density at radius 2 is 2.00 bits per heavy atom. The van der Waals surface area contributed by atoms with E-state index in [4.69, 9.17) is 25.7 Å². The molecule has 0 aliphatic heterocycles. The molecule has 50 valence electrons. The Balaban J connectivity index is 2.66. The second-order valence-corrected chi connectivity index (χ2v) is 26.4. The third kappa shape index (κ3) is 2.38. The maximum atomic E-state index is 5.78. The van der Waals surface area contributed by atoms with E-state index in [-0.39, 0.29) is 0 Å². The van der Waals surface area contributed by atoms with E-state index in [1.165, 1.54) is 0 Å². The molecule has 0 unspecified atom stereocenters. The third-order valence-electron chi connectivity index (χ3n) is 1.14. The first kappa shape index (κ1) is 8.32. The van der Waals surface area contributed by atoms with Gasteiger partial charge in [0.15, 0.2) is 0 Å². The molecule has 0 amide bonds. The summed E-state index contributed by atoms with van der Waals surface area (Å²) in [4.78, 5) is 0. The van der Waals surface area contributed by atoms with E-state index in [0.29, 0.717) is 0 Å². The fourth-order valence-corrected chi connectivity index (χ4v) is 6.38. The van der Waals surface area contributed by atoms with Gasteiger partial charge in [-0.15, -0.1) is 0 Å². The van der Waals surface area contributed by atoms with Crippen molar-refractivity contribution < 1.29 is 16.4 Å². The molecule has 0 atom stereocenters. The third-order valence-corrected chi connectivity index (χ3v) is 11.0. The number of hydrogen-bond donors (Lipinski definition) is 0. The van der Waals surface area contributed by atoms with Crippen molar-refractivity contribution in [2.45, 2.75) is 6.42 Å². The summed E-state index contributed by atoms with van der Waals surface area (Å²) < 4.78 is 1.06. The van der Waals surface area contributed by atoms with Crippen molar-refractivity contribution in [2.75, 3.05) is 0 Å². The second-order valence-electron chi connectivity index (χ2n) is 1.82. The van der Waals surface area contributed by atoms with Crippen LogP contribution in [0.5, 0.6) is 0 Å². The zero-order valence-corrected chi connectivity index (χ0v) is 10.4. The molecule has 0 saturated carbocycles. The molecule has 0 bridgehead atoms. The van der Waals surface area contributed by atoms with Crippen LogP contribution in [0.25, 0.3) is 0 Å². The van der Waals surface area contributed by atoms with E-state index >= 15 is 0 Å². The minimum absolute atomic E-state index is 0.859. The molecule has 4 heteroatoms. The zero-order chi connectivity index (χ0) is 6.91. The Labute approximate surface area is 69.5 Å². The van der Waals surface area contributed by atoms with Crippen LogP contribution in [0, 0.1) is 0 Å². The van der Waals surface area contributed by atoms with Crippen molar-refractivity contribution in [2.24, 2.45) is 0 Å². The summed E-state index contributed by atoms with van der Waals surface area (Å²) in [5, 5.41) is 0. The van der Waals surface area contributed by atoms with Crippen LogP contribution >= 0.6 is 25.7 Å². The molecule has 0 heterocycles. The van der Waals surface area contributed by atoms with Crippen LogP contribution in [-0.4, -0.2) is 0 Å². The molecule has 1 aliphatic rings. The van der Waals surface area contributed by atoms with Crippen LogP contribution in [0.1, 0.15) is 6.42 Å². The number of allylic oxidation sites excluding steroid dienone is 4. The average molecular weight is 350 g/mol. The molecule has 0 aromatic carbocycles. The summed E-state index contributed by atoms with van der Waals surface area (Å²) in [5.41, 5.74) is 0. The quantitative estimate of drug-likeness (QED) is 0.636. The Hall–Kier alpha value is 1.22. The van der Waals surface area contributed by atoms with Crippen molar-refractivity contribution >= 4 is 25.7 Å². The van der Waals surface area contributed by atoms with Crippen LogP contribution < -0.4 is 0 Å². The van der Waals surface area contributed by atoms with E-state index in [0.717, 1.165) is 9.75 Å². The van der Waals surface area contributed by atoms with E-state index < -0.39 is 16.4 Å². The molecule has 9 heavy (non-hydrogen) atoms. The minimum atomic E-state index is -3.29. The molecule has 0 spiro atoms. The van der Waals surface area contributed by atoms with Gasteiger partial charge in [-0.05, 0) is 0 Å². The molecule has 1 rings (SSSR count). The summed E-state index contributed by atoms with van der Waals surface area (Å²) in [5.74, 6) is 0. The van der Waals surface area contributed by atoms with Gasteiger partial charge in [-0.1, -0.05) is 0 Å². The van der Waals surface area contributed by atoms with Gasteiger partial charge in [0.05, 0.1) is 0 Å². The van der Waals surface area contributed by atoms with Gasteiger partial charge in [-0.2, -0.15) is 0 Å². The Morgan fingerprint density at radius 3 is 2.22 bits per heavy atom. The summed E-state index contributed by atoms with van der Waals surface area (Å²) >= 11 is -3.29. The van der Waals surface area contributed by atoms with Gasteiger partial charge in [0.2, 0.25) is 0 Å². The second kappa shape index (κ2) is 3.08. The molecule has 0 nitrogen and oxygen atoms in total. The van der Waals surface area contributed by atoms with Gasteiger partial charge in [0, 0.05) is 0 Å². The SMILES string of the molecule is [Cl][Hf]([Cl])([Cl])[C]1=CC=CC1. The molecule has 1 aliphatic carbocycles. The number of rotatable bonds is 1. The van der Waals surface area contributed by atoms with Gasteiger partial charge in [-0.3, -0.25) is 0 Å². The van der Waals surface area contributed by atoms with Crippen LogP contribution in [0.15, 0.2) is 21.6 Å². The normalized spacial score (nSPS) is 18.3. The van der Waals surface area contributed by atoms with Gasteiger partial charge in [0.1, 0.15) is 0 Å². The molecule has 0 aromatic heterocycles. The topological polar surface area (TPSA) is 0 Å². The van der Waals surface area contributed by atoms with Gasteiger partial charge >= 0.3 is 70.1 Å². The molecular formula is C5H5Cl3Hf. The summed E-state index contributed by atoms with van der Waals surface area (Å²) in [6.45, 7) is 0. The van der Waals surface area contributed by atoms with Crippen molar-refractivity contribution in [3.63, 3.8) is 0 Å².